The van der Waals surface area contributed by atoms with Crippen molar-refractivity contribution in [3.8, 4) is 0 Å². The zero-order chi connectivity index (χ0) is 11.3. The Morgan fingerprint density at radius 2 is 2.12 bits per heavy atom. The molecular weight excluding hydrogens is 205 g/mol. The summed E-state index contributed by atoms with van der Waals surface area (Å²) in [5, 5.41) is 0.787. The van der Waals surface area contributed by atoms with E-state index in [-0.39, 0.29) is 17.3 Å². The quantitative estimate of drug-likeness (QED) is 0.841. The van der Waals surface area contributed by atoms with E-state index >= 15 is 0 Å². The van der Waals surface area contributed by atoms with Crippen LogP contribution in [0.2, 0.25) is 0 Å². The summed E-state index contributed by atoms with van der Waals surface area (Å²) < 4.78 is 18.7. The van der Waals surface area contributed by atoms with Gasteiger partial charge in [0.1, 0.15) is 17.2 Å². The first-order valence-corrected chi connectivity index (χ1v) is 5.53. The molecule has 2 aromatic rings. The van der Waals surface area contributed by atoms with Crippen molar-refractivity contribution < 1.29 is 8.81 Å². The van der Waals surface area contributed by atoms with Crippen LogP contribution in [0.15, 0.2) is 28.7 Å². The fraction of sp³-hybridized carbons (Fsp3) is 0.385. The molecule has 1 aromatic carbocycles. The maximum absolute atomic E-state index is 13.0. The van der Waals surface area contributed by atoms with Gasteiger partial charge in [-0.15, -0.1) is 0 Å². The van der Waals surface area contributed by atoms with Crippen LogP contribution in [0.25, 0.3) is 11.0 Å². The molecule has 16 heavy (non-hydrogen) atoms. The summed E-state index contributed by atoms with van der Waals surface area (Å²) in [6.07, 6.45) is 2.28. The summed E-state index contributed by atoms with van der Waals surface area (Å²) in [7, 11) is 0. The minimum atomic E-state index is -0.244. The predicted molar refractivity (Wildman–Crippen MR) is 60.4 cm³/mol. The average molecular weight is 219 g/mol. The molecule has 0 aliphatic heterocycles. The van der Waals surface area contributed by atoms with Gasteiger partial charge in [0.05, 0.1) is 6.04 Å². The monoisotopic (exact) mass is 219 g/mol. The van der Waals surface area contributed by atoms with Crippen molar-refractivity contribution in [2.75, 3.05) is 0 Å². The van der Waals surface area contributed by atoms with E-state index in [0.29, 0.717) is 5.58 Å². The van der Waals surface area contributed by atoms with E-state index in [0.717, 1.165) is 24.0 Å². The minimum Gasteiger partial charge on any atom is -0.459 e. The first-order chi connectivity index (χ1) is 7.58. The lowest BCUT2D eigenvalue weighted by atomic mass is 9.97. The molecule has 0 saturated heterocycles. The Morgan fingerprint density at radius 1 is 1.38 bits per heavy atom. The zero-order valence-corrected chi connectivity index (χ0v) is 9.16. The largest absolute Gasteiger partial charge is 0.459 e. The van der Waals surface area contributed by atoms with Crippen molar-refractivity contribution in [3.63, 3.8) is 0 Å². The minimum absolute atomic E-state index is 0.0806. The van der Waals surface area contributed by atoms with Crippen LogP contribution in [0.4, 0.5) is 4.39 Å². The number of fused-ring (bicyclic) bond motifs is 1. The molecule has 3 heteroatoms. The maximum Gasteiger partial charge on any atom is 0.134 e. The molecule has 2 N–H and O–H groups in total. The normalized spacial score (nSPS) is 19.9. The topological polar surface area (TPSA) is 39.2 Å². The molecule has 1 heterocycles. The summed E-state index contributed by atoms with van der Waals surface area (Å²) in [5.41, 5.74) is 7.03. The van der Waals surface area contributed by atoms with Gasteiger partial charge in [0.25, 0.3) is 0 Å². The SMILES string of the molecule is CC1(C(N)c2cc3cc(F)ccc3o2)CC1. The highest BCUT2D eigenvalue weighted by Gasteiger charge is 2.45. The van der Waals surface area contributed by atoms with Crippen LogP contribution in [0.3, 0.4) is 0 Å². The van der Waals surface area contributed by atoms with Crippen LogP contribution in [-0.4, -0.2) is 0 Å². The van der Waals surface area contributed by atoms with E-state index in [4.69, 9.17) is 10.2 Å². The second-order valence-corrected chi connectivity index (χ2v) is 4.96. The number of nitrogens with two attached hydrogens (primary N) is 1. The van der Waals surface area contributed by atoms with Gasteiger partial charge in [0.15, 0.2) is 0 Å². The van der Waals surface area contributed by atoms with Crippen LogP contribution in [0, 0.1) is 11.2 Å². The molecule has 2 nitrogen and oxygen atoms in total. The Kier molecular flexibility index (Phi) is 1.89. The molecule has 1 aromatic heterocycles. The van der Waals surface area contributed by atoms with Gasteiger partial charge in [-0.05, 0) is 42.5 Å². The number of furan rings is 1. The molecule has 1 aliphatic carbocycles. The van der Waals surface area contributed by atoms with Crippen LogP contribution in [0.5, 0.6) is 0 Å². The Balaban J connectivity index is 2.05. The molecule has 1 unspecified atom stereocenters. The highest BCUT2D eigenvalue weighted by atomic mass is 19.1. The second-order valence-electron chi connectivity index (χ2n) is 4.96. The highest BCUT2D eigenvalue weighted by molar-refractivity contribution is 5.78. The van der Waals surface area contributed by atoms with Gasteiger partial charge in [0, 0.05) is 5.39 Å². The standard InChI is InChI=1S/C13H14FNO/c1-13(4-5-13)12(15)11-7-8-6-9(14)2-3-10(8)16-11/h2-3,6-7,12H,4-5,15H2,1H3. The number of rotatable bonds is 2. The van der Waals surface area contributed by atoms with Crippen LogP contribution in [0.1, 0.15) is 31.6 Å². The Hall–Kier alpha value is -1.35. The van der Waals surface area contributed by atoms with Crippen molar-refractivity contribution in [3.05, 3.63) is 35.8 Å². The van der Waals surface area contributed by atoms with Crippen molar-refractivity contribution in [1.82, 2.24) is 0 Å². The van der Waals surface area contributed by atoms with Gasteiger partial charge in [0.2, 0.25) is 0 Å². The van der Waals surface area contributed by atoms with Crippen molar-refractivity contribution in [1.29, 1.82) is 0 Å². The summed E-state index contributed by atoms with van der Waals surface area (Å²) in [6.45, 7) is 2.16. The van der Waals surface area contributed by atoms with E-state index in [2.05, 4.69) is 6.92 Å². The van der Waals surface area contributed by atoms with Crippen LogP contribution >= 0.6 is 0 Å². The van der Waals surface area contributed by atoms with Crippen molar-refractivity contribution in [2.24, 2.45) is 11.1 Å². The van der Waals surface area contributed by atoms with E-state index in [1.165, 1.54) is 12.1 Å². The fourth-order valence-corrected chi connectivity index (χ4v) is 2.04. The van der Waals surface area contributed by atoms with Gasteiger partial charge in [-0.2, -0.15) is 0 Å². The molecule has 1 atom stereocenters. The highest BCUT2D eigenvalue weighted by Crippen LogP contribution is 2.53. The number of hydrogen-bond donors (Lipinski definition) is 1. The molecule has 1 aliphatic rings. The molecule has 0 radical (unpaired) electrons. The van der Waals surface area contributed by atoms with Crippen molar-refractivity contribution in [2.45, 2.75) is 25.8 Å². The van der Waals surface area contributed by atoms with Gasteiger partial charge in [-0.1, -0.05) is 6.92 Å². The third-order valence-electron chi connectivity index (χ3n) is 3.59. The van der Waals surface area contributed by atoms with Crippen LogP contribution < -0.4 is 5.73 Å². The van der Waals surface area contributed by atoms with Gasteiger partial charge in [-0.3, -0.25) is 0 Å². The van der Waals surface area contributed by atoms with E-state index in [1.54, 1.807) is 6.07 Å². The Labute approximate surface area is 93.2 Å². The zero-order valence-electron chi connectivity index (χ0n) is 9.16. The summed E-state index contributed by atoms with van der Waals surface area (Å²) in [4.78, 5) is 0. The lowest BCUT2D eigenvalue weighted by Crippen LogP contribution is -2.19. The maximum atomic E-state index is 13.0. The summed E-state index contributed by atoms with van der Waals surface area (Å²) in [6, 6.07) is 6.30. The smallest absolute Gasteiger partial charge is 0.134 e. The third kappa shape index (κ3) is 1.43. The van der Waals surface area contributed by atoms with E-state index < -0.39 is 0 Å². The second kappa shape index (κ2) is 3.08. The molecular formula is C13H14FNO. The third-order valence-corrected chi connectivity index (χ3v) is 3.59. The van der Waals surface area contributed by atoms with Gasteiger partial charge >= 0.3 is 0 Å². The Bertz CT molecular complexity index is 542. The fourth-order valence-electron chi connectivity index (χ4n) is 2.04. The molecule has 0 bridgehead atoms. The molecule has 0 amide bonds. The Morgan fingerprint density at radius 3 is 2.81 bits per heavy atom. The predicted octanol–water partition coefficient (Wildman–Crippen LogP) is 3.37. The van der Waals surface area contributed by atoms with Gasteiger partial charge < -0.3 is 10.2 Å². The van der Waals surface area contributed by atoms with E-state index in [9.17, 15) is 4.39 Å². The molecule has 1 saturated carbocycles. The number of halogens is 1. The number of hydrogen-bond acceptors (Lipinski definition) is 2. The van der Waals surface area contributed by atoms with E-state index in [1.807, 2.05) is 6.07 Å². The summed E-state index contributed by atoms with van der Waals surface area (Å²) >= 11 is 0. The average Bonchev–Trinajstić information content (AvgIpc) is 2.87. The van der Waals surface area contributed by atoms with Gasteiger partial charge in [-0.25, -0.2) is 4.39 Å². The lowest BCUT2D eigenvalue weighted by molar-refractivity contribution is 0.379. The van der Waals surface area contributed by atoms with Crippen molar-refractivity contribution >= 4 is 11.0 Å². The van der Waals surface area contributed by atoms with Crippen LogP contribution in [-0.2, 0) is 0 Å². The lowest BCUT2D eigenvalue weighted by Gasteiger charge is -2.15. The summed E-state index contributed by atoms with van der Waals surface area (Å²) in [5.74, 6) is 0.520. The first-order valence-electron chi connectivity index (χ1n) is 5.53. The molecule has 84 valence electrons. The number of benzene rings is 1. The molecule has 3 rings (SSSR count). The first kappa shape index (κ1) is 9.85. The molecule has 1 fully saturated rings. The molecule has 0 spiro atoms.